The number of anilines is 1. The standard InChI is InChI=1S/C28H36N4/c1-22(9-10-23-6-3-2-4-7-23)31-15-5-8-24(13-16-31)21-32-17-14-26-18-25(11-12-28(26)32)27(19-29)20-30/h2-4,6-7,11-12,18-20,24,29H,1,5,8-10,13-17,21,30H2/b27-20+,29-19?. The highest BCUT2D eigenvalue weighted by Gasteiger charge is 2.25. The molecule has 2 aliphatic rings. The molecule has 32 heavy (non-hydrogen) atoms. The van der Waals surface area contributed by atoms with Gasteiger partial charge in [-0.05, 0) is 73.3 Å². The molecule has 0 saturated carbocycles. The Morgan fingerprint density at radius 3 is 2.72 bits per heavy atom. The van der Waals surface area contributed by atoms with E-state index in [2.05, 4.69) is 64.9 Å². The van der Waals surface area contributed by atoms with E-state index in [-0.39, 0.29) is 0 Å². The molecule has 0 bridgehead atoms. The summed E-state index contributed by atoms with van der Waals surface area (Å²) in [6, 6.07) is 17.3. The quantitative estimate of drug-likeness (QED) is 0.565. The van der Waals surface area contributed by atoms with Crippen molar-refractivity contribution in [2.75, 3.05) is 31.1 Å². The zero-order chi connectivity index (χ0) is 22.3. The summed E-state index contributed by atoms with van der Waals surface area (Å²) in [5.74, 6) is 0.730. The van der Waals surface area contributed by atoms with E-state index in [1.807, 2.05) is 0 Å². The lowest BCUT2D eigenvalue weighted by Gasteiger charge is -2.27. The zero-order valence-corrected chi connectivity index (χ0v) is 19.1. The minimum absolute atomic E-state index is 0.730. The molecule has 0 amide bonds. The number of hydrogen-bond donors (Lipinski definition) is 2. The Morgan fingerprint density at radius 1 is 1.09 bits per heavy atom. The third-order valence-corrected chi connectivity index (χ3v) is 7.06. The van der Waals surface area contributed by atoms with Crippen molar-refractivity contribution in [3.05, 3.63) is 83.7 Å². The number of benzene rings is 2. The van der Waals surface area contributed by atoms with E-state index >= 15 is 0 Å². The monoisotopic (exact) mass is 428 g/mol. The fourth-order valence-electron chi connectivity index (χ4n) is 5.13. The van der Waals surface area contributed by atoms with Gasteiger partial charge < -0.3 is 20.9 Å². The number of allylic oxidation sites excluding steroid dienone is 2. The van der Waals surface area contributed by atoms with Gasteiger partial charge in [0.05, 0.1) is 0 Å². The Hall–Kier alpha value is -3.01. The second-order valence-electron chi connectivity index (χ2n) is 9.14. The first-order chi connectivity index (χ1) is 15.7. The molecule has 0 aromatic heterocycles. The predicted octanol–water partition coefficient (Wildman–Crippen LogP) is 5.25. The number of fused-ring (bicyclic) bond motifs is 1. The fraction of sp³-hybridized carbons (Fsp3) is 0.393. The molecule has 0 radical (unpaired) electrons. The molecule has 1 saturated heterocycles. The van der Waals surface area contributed by atoms with Crippen molar-refractivity contribution >= 4 is 17.5 Å². The van der Waals surface area contributed by atoms with Crippen LogP contribution in [0.3, 0.4) is 0 Å². The van der Waals surface area contributed by atoms with E-state index in [9.17, 15) is 0 Å². The Labute approximate surface area is 192 Å². The average Bonchev–Trinajstić information content (AvgIpc) is 3.07. The van der Waals surface area contributed by atoms with Crippen molar-refractivity contribution in [1.29, 1.82) is 5.41 Å². The smallest absolute Gasteiger partial charge is 0.0400 e. The van der Waals surface area contributed by atoms with E-state index in [4.69, 9.17) is 11.1 Å². The van der Waals surface area contributed by atoms with Crippen LogP contribution in [-0.4, -0.2) is 37.3 Å². The van der Waals surface area contributed by atoms with Crippen LogP contribution in [0.2, 0.25) is 0 Å². The van der Waals surface area contributed by atoms with Crippen molar-refractivity contribution < 1.29 is 0 Å². The van der Waals surface area contributed by atoms with E-state index in [0.717, 1.165) is 62.5 Å². The van der Waals surface area contributed by atoms with Crippen LogP contribution in [0.15, 0.2) is 67.0 Å². The SMILES string of the molecule is C=C(CCc1ccccc1)N1CCCC(CN2CCc3cc(/C(C=N)=C/N)ccc32)CC1. The minimum Gasteiger partial charge on any atom is -0.404 e. The molecular formula is C28H36N4. The Kier molecular flexibility index (Phi) is 7.31. The van der Waals surface area contributed by atoms with Crippen LogP contribution in [0.1, 0.15) is 42.4 Å². The molecule has 2 aromatic carbocycles. The predicted molar refractivity (Wildman–Crippen MR) is 136 cm³/mol. The van der Waals surface area contributed by atoms with Crippen LogP contribution in [0.25, 0.3) is 5.57 Å². The van der Waals surface area contributed by atoms with Crippen LogP contribution in [0, 0.1) is 11.3 Å². The summed E-state index contributed by atoms with van der Waals surface area (Å²) in [6.07, 6.45) is 9.83. The number of nitrogens with zero attached hydrogens (tertiary/aromatic N) is 2. The van der Waals surface area contributed by atoms with E-state index in [0.29, 0.717) is 0 Å². The molecular weight excluding hydrogens is 392 g/mol. The maximum Gasteiger partial charge on any atom is 0.0400 e. The van der Waals surface area contributed by atoms with Crippen LogP contribution in [0.5, 0.6) is 0 Å². The van der Waals surface area contributed by atoms with Gasteiger partial charge in [-0.2, -0.15) is 0 Å². The molecule has 4 rings (SSSR count). The zero-order valence-electron chi connectivity index (χ0n) is 19.1. The lowest BCUT2D eigenvalue weighted by atomic mass is 9.99. The van der Waals surface area contributed by atoms with Crippen molar-refractivity contribution in [2.45, 2.75) is 38.5 Å². The third-order valence-electron chi connectivity index (χ3n) is 7.06. The number of likely N-dealkylation sites (tertiary alicyclic amines) is 1. The molecule has 2 aliphatic heterocycles. The largest absolute Gasteiger partial charge is 0.404 e. The lowest BCUT2D eigenvalue weighted by Crippen LogP contribution is -2.29. The van der Waals surface area contributed by atoms with E-state index < -0.39 is 0 Å². The van der Waals surface area contributed by atoms with Gasteiger partial charge in [0.25, 0.3) is 0 Å². The van der Waals surface area contributed by atoms with Gasteiger partial charge in [0.2, 0.25) is 0 Å². The molecule has 2 heterocycles. The van der Waals surface area contributed by atoms with E-state index in [1.165, 1.54) is 54.2 Å². The maximum absolute atomic E-state index is 7.55. The van der Waals surface area contributed by atoms with E-state index in [1.54, 1.807) is 0 Å². The van der Waals surface area contributed by atoms with Crippen molar-refractivity contribution in [3.8, 4) is 0 Å². The Bertz CT molecular complexity index is 963. The third kappa shape index (κ3) is 5.24. The summed E-state index contributed by atoms with van der Waals surface area (Å²) in [5.41, 5.74) is 12.9. The minimum atomic E-state index is 0.730. The molecule has 2 aromatic rings. The van der Waals surface area contributed by atoms with Crippen molar-refractivity contribution in [1.82, 2.24) is 4.90 Å². The highest BCUT2D eigenvalue weighted by molar-refractivity contribution is 6.08. The molecule has 1 atom stereocenters. The molecule has 0 aliphatic carbocycles. The number of aryl methyl sites for hydroxylation is 1. The molecule has 168 valence electrons. The topological polar surface area (TPSA) is 56.4 Å². The van der Waals surface area contributed by atoms with Crippen LogP contribution in [0.4, 0.5) is 5.69 Å². The molecule has 0 spiro atoms. The average molecular weight is 429 g/mol. The van der Waals surface area contributed by atoms with Crippen LogP contribution < -0.4 is 10.6 Å². The molecule has 1 fully saturated rings. The molecule has 1 unspecified atom stereocenters. The first kappa shape index (κ1) is 22.2. The van der Waals surface area contributed by atoms with Gasteiger partial charge in [-0.15, -0.1) is 0 Å². The Morgan fingerprint density at radius 2 is 1.94 bits per heavy atom. The van der Waals surface area contributed by atoms with Gasteiger partial charge in [-0.3, -0.25) is 0 Å². The highest BCUT2D eigenvalue weighted by atomic mass is 15.2. The van der Waals surface area contributed by atoms with Gasteiger partial charge in [-0.1, -0.05) is 43.0 Å². The number of hydrogen-bond acceptors (Lipinski definition) is 4. The summed E-state index contributed by atoms with van der Waals surface area (Å²) in [7, 11) is 0. The van der Waals surface area contributed by atoms with Gasteiger partial charge in [0, 0.05) is 55.6 Å². The van der Waals surface area contributed by atoms with Gasteiger partial charge in [-0.25, -0.2) is 0 Å². The summed E-state index contributed by atoms with van der Waals surface area (Å²) >= 11 is 0. The normalized spacial score (nSPS) is 18.9. The van der Waals surface area contributed by atoms with Crippen molar-refractivity contribution in [2.24, 2.45) is 11.7 Å². The summed E-state index contributed by atoms with van der Waals surface area (Å²) in [5, 5.41) is 7.55. The summed E-state index contributed by atoms with van der Waals surface area (Å²) < 4.78 is 0. The van der Waals surface area contributed by atoms with Gasteiger partial charge in [0.1, 0.15) is 0 Å². The van der Waals surface area contributed by atoms with Crippen LogP contribution in [-0.2, 0) is 12.8 Å². The number of nitrogens with two attached hydrogens (primary N) is 1. The van der Waals surface area contributed by atoms with Gasteiger partial charge >= 0.3 is 0 Å². The summed E-state index contributed by atoms with van der Waals surface area (Å²) in [4.78, 5) is 5.10. The molecule has 4 heteroatoms. The highest BCUT2D eigenvalue weighted by Crippen LogP contribution is 2.32. The first-order valence-electron chi connectivity index (χ1n) is 11.9. The summed E-state index contributed by atoms with van der Waals surface area (Å²) in [6.45, 7) is 8.92. The van der Waals surface area contributed by atoms with Crippen molar-refractivity contribution in [3.63, 3.8) is 0 Å². The number of nitrogens with one attached hydrogen (secondary N) is 1. The molecule has 4 nitrogen and oxygen atoms in total. The van der Waals surface area contributed by atoms with Crippen LogP contribution >= 0.6 is 0 Å². The molecule has 3 N–H and O–H groups in total. The maximum atomic E-state index is 7.55. The lowest BCUT2D eigenvalue weighted by molar-refractivity contribution is 0.340. The second kappa shape index (κ2) is 10.5. The fourth-order valence-corrected chi connectivity index (χ4v) is 5.13. The number of rotatable bonds is 8. The first-order valence-corrected chi connectivity index (χ1v) is 11.9. The second-order valence-corrected chi connectivity index (χ2v) is 9.14. The Balaban J connectivity index is 1.30. The van der Waals surface area contributed by atoms with Gasteiger partial charge in [0.15, 0.2) is 0 Å².